The van der Waals surface area contributed by atoms with Gasteiger partial charge in [-0.3, -0.25) is 9.59 Å². The Hall–Kier alpha value is -2.37. The molecule has 0 bridgehead atoms. The van der Waals surface area contributed by atoms with Gasteiger partial charge in [-0.2, -0.15) is 5.10 Å². The van der Waals surface area contributed by atoms with Crippen LogP contribution in [0.5, 0.6) is 0 Å². The fraction of sp³-hybridized carbons (Fsp3) is 0.591. The molecule has 0 spiro atoms. The highest BCUT2D eigenvalue weighted by molar-refractivity contribution is 5.90. The summed E-state index contributed by atoms with van der Waals surface area (Å²) in [6.45, 7) is 6.99. The number of nitrogens with zero attached hydrogens (tertiary/aromatic N) is 3. The monoisotopic (exact) mass is 385 g/mol. The number of rotatable bonds is 9. The molecule has 0 N–H and O–H groups in total. The van der Waals surface area contributed by atoms with E-state index in [0.717, 1.165) is 30.0 Å². The SMILES string of the molecule is CCCCCCCc1c(C)nn(C(=O)C2CC(=O)N(Cc3ccco3)C2)c1C. The molecule has 2 aromatic rings. The van der Waals surface area contributed by atoms with Crippen molar-refractivity contribution in [2.75, 3.05) is 6.54 Å². The van der Waals surface area contributed by atoms with E-state index in [1.807, 2.05) is 19.9 Å². The van der Waals surface area contributed by atoms with Crippen LogP contribution in [-0.2, 0) is 17.8 Å². The van der Waals surface area contributed by atoms with Crippen molar-refractivity contribution in [3.05, 3.63) is 41.1 Å². The molecule has 0 radical (unpaired) electrons. The van der Waals surface area contributed by atoms with E-state index in [-0.39, 0.29) is 24.2 Å². The van der Waals surface area contributed by atoms with Gasteiger partial charge in [-0.1, -0.05) is 32.6 Å². The molecule has 1 aliphatic heterocycles. The third kappa shape index (κ3) is 4.54. The van der Waals surface area contributed by atoms with Crippen LogP contribution in [-0.4, -0.2) is 33.0 Å². The summed E-state index contributed by atoms with van der Waals surface area (Å²) in [5, 5.41) is 4.51. The summed E-state index contributed by atoms with van der Waals surface area (Å²) < 4.78 is 6.86. The zero-order valence-electron chi connectivity index (χ0n) is 17.2. The van der Waals surface area contributed by atoms with Gasteiger partial charge in [0.1, 0.15) is 5.76 Å². The fourth-order valence-electron chi connectivity index (χ4n) is 4.01. The summed E-state index contributed by atoms with van der Waals surface area (Å²) in [5.74, 6) is 0.302. The van der Waals surface area contributed by atoms with Crippen LogP contribution in [0.4, 0.5) is 0 Å². The van der Waals surface area contributed by atoms with Crippen molar-refractivity contribution in [2.45, 2.75) is 72.3 Å². The second-order valence-electron chi connectivity index (χ2n) is 7.82. The van der Waals surface area contributed by atoms with Crippen LogP contribution in [0.2, 0.25) is 0 Å². The van der Waals surface area contributed by atoms with Crippen molar-refractivity contribution in [3.63, 3.8) is 0 Å². The summed E-state index contributed by atoms with van der Waals surface area (Å²) in [5.41, 5.74) is 3.04. The van der Waals surface area contributed by atoms with Gasteiger partial charge in [0.05, 0.1) is 24.4 Å². The molecule has 28 heavy (non-hydrogen) atoms. The number of unbranched alkanes of at least 4 members (excludes halogenated alkanes) is 4. The number of hydrogen-bond donors (Lipinski definition) is 0. The Balaban J connectivity index is 1.62. The lowest BCUT2D eigenvalue weighted by Crippen LogP contribution is -2.28. The van der Waals surface area contributed by atoms with Crippen molar-refractivity contribution in [2.24, 2.45) is 5.92 Å². The first-order valence-electron chi connectivity index (χ1n) is 10.4. The third-order valence-corrected chi connectivity index (χ3v) is 5.67. The molecule has 0 aromatic carbocycles. The zero-order valence-corrected chi connectivity index (χ0v) is 17.2. The van der Waals surface area contributed by atoms with Crippen LogP contribution in [0.15, 0.2) is 22.8 Å². The topological polar surface area (TPSA) is 68.3 Å². The lowest BCUT2D eigenvalue weighted by molar-refractivity contribution is -0.128. The number of likely N-dealkylation sites (tertiary alicyclic amines) is 1. The van der Waals surface area contributed by atoms with Gasteiger partial charge in [-0.25, -0.2) is 4.68 Å². The summed E-state index contributed by atoms with van der Waals surface area (Å²) in [6.07, 6.45) is 8.91. The van der Waals surface area contributed by atoms with Crippen molar-refractivity contribution in [1.82, 2.24) is 14.7 Å². The number of hydrogen-bond acceptors (Lipinski definition) is 4. The van der Waals surface area contributed by atoms with Gasteiger partial charge in [0, 0.05) is 18.7 Å². The van der Waals surface area contributed by atoms with Crippen LogP contribution in [0.3, 0.4) is 0 Å². The minimum atomic E-state index is -0.349. The van der Waals surface area contributed by atoms with Gasteiger partial charge < -0.3 is 9.32 Å². The Morgan fingerprint density at radius 1 is 1.25 bits per heavy atom. The third-order valence-electron chi connectivity index (χ3n) is 5.67. The Labute approximate surface area is 166 Å². The Bertz CT molecular complexity index is 807. The van der Waals surface area contributed by atoms with E-state index in [0.29, 0.717) is 13.1 Å². The van der Waals surface area contributed by atoms with Gasteiger partial charge >= 0.3 is 0 Å². The average Bonchev–Trinajstić information content (AvgIpc) is 3.37. The Kier molecular flexibility index (Phi) is 6.70. The van der Waals surface area contributed by atoms with Crippen molar-refractivity contribution >= 4 is 11.8 Å². The van der Waals surface area contributed by atoms with E-state index in [1.54, 1.807) is 17.2 Å². The smallest absolute Gasteiger partial charge is 0.252 e. The Morgan fingerprint density at radius 2 is 2.04 bits per heavy atom. The van der Waals surface area contributed by atoms with Gasteiger partial charge in [0.2, 0.25) is 5.91 Å². The molecule has 6 heteroatoms. The highest BCUT2D eigenvalue weighted by atomic mass is 16.3. The number of aromatic nitrogens is 2. The molecular formula is C22H31N3O3. The van der Waals surface area contributed by atoms with E-state index in [4.69, 9.17) is 4.42 Å². The van der Waals surface area contributed by atoms with E-state index in [2.05, 4.69) is 12.0 Å². The lowest BCUT2D eigenvalue weighted by atomic mass is 10.0. The second kappa shape index (κ2) is 9.22. The van der Waals surface area contributed by atoms with E-state index in [9.17, 15) is 9.59 Å². The van der Waals surface area contributed by atoms with Crippen LogP contribution < -0.4 is 0 Å². The maximum Gasteiger partial charge on any atom is 0.252 e. The number of furan rings is 1. The zero-order chi connectivity index (χ0) is 20.1. The molecule has 1 atom stereocenters. The second-order valence-corrected chi connectivity index (χ2v) is 7.82. The Morgan fingerprint density at radius 3 is 2.75 bits per heavy atom. The molecule has 2 aromatic heterocycles. The first-order valence-corrected chi connectivity index (χ1v) is 10.4. The van der Waals surface area contributed by atoms with Crippen LogP contribution in [0.1, 0.15) is 73.0 Å². The number of aryl methyl sites for hydroxylation is 1. The molecule has 0 saturated carbocycles. The van der Waals surface area contributed by atoms with Gasteiger partial charge in [0.25, 0.3) is 5.91 Å². The summed E-state index contributed by atoms with van der Waals surface area (Å²) in [4.78, 5) is 27.1. The van der Waals surface area contributed by atoms with E-state index in [1.165, 1.54) is 35.9 Å². The normalized spacial score (nSPS) is 16.9. The number of amides is 1. The first-order chi connectivity index (χ1) is 13.5. The van der Waals surface area contributed by atoms with E-state index < -0.39 is 0 Å². The predicted molar refractivity (Wildman–Crippen MR) is 107 cm³/mol. The standard InChI is InChI=1S/C22H31N3O3/c1-4-5-6-7-8-11-20-16(2)23-25(17(20)3)22(27)18-13-21(26)24(14-18)15-19-10-9-12-28-19/h9-10,12,18H,4-8,11,13-15H2,1-3H3. The van der Waals surface area contributed by atoms with Crippen molar-refractivity contribution in [3.8, 4) is 0 Å². The van der Waals surface area contributed by atoms with Crippen molar-refractivity contribution in [1.29, 1.82) is 0 Å². The minimum absolute atomic E-state index is 0.00701. The first kappa shape index (κ1) is 20.4. The molecule has 0 aliphatic carbocycles. The maximum absolute atomic E-state index is 13.0. The molecule has 1 aliphatic rings. The van der Waals surface area contributed by atoms with Gasteiger partial charge in [-0.15, -0.1) is 0 Å². The van der Waals surface area contributed by atoms with Gasteiger partial charge in [-0.05, 0) is 44.4 Å². The molecule has 152 valence electrons. The van der Waals surface area contributed by atoms with Crippen LogP contribution in [0, 0.1) is 19.8 Å². The minimum Gasteiger partial charge on any atom is -0.467 e. The number of carbonyl (C=O) groups excluding carboxylic acids is 2. The molecule has 1 fully saturated rings. The summed E-state index contributed by atoms with van der Waals surface area (Å²) >= 11 is 0. The highest BCUT2D eigenvalue weighted by Crippen LogP contribution is 2.24. The number of carbonyl (C=O) groups is 2. The van der Waals surface area contributed by atoms with Gasteiger partial charge in [0.15, 0.2) is 0 Å². The van der Waals surface area contributed by atoms with E-state index >= 15 is 0 Å². The molecule has 6 nitrogen and oxygen atoms in total. The summed E-state index contributed by atoms with van der Waals surface area (Å²) in [7, 11) is 0. The molecule has 1 saturated heterocycles. The molecule has 1 unspecified atom stereocenters. The maximum atomic E-state index is 13.0. The largest absolute Gasteiger partial charge is 0.467 e. The molecule has 1 amide bonds. The molecule has 3 rings (SSSR count). The van der Waals surface area contributed by atoms with Crippen LogP contribution >= 0.6 is 0 Å². The quantitative estimate of drug-likeness (QED) is 0.604. The fourth-order valence-corrected chi connectivity index (χ4v) is 4.01. The van der Waals surface area contributed by atoms with Crippen molar-refractivity contribution < 1.29 is 14.0 Å². The summed E-state index contributed by atoms with van der Waals surface area (Å²) in [6, 6.07) is 3.65. The lowest BCUT2D eigenvalue weighted by Gasteiger charge is -2.15. The molecular weight excluding hydrogens is 354 g/mol. The van der Waals surface area contributed by atoms with Crippen LogP contribution in [0.25, 0.3) is 0 Å². The average molecular weight is 386 g/mol. The molecule has 3 heterocycles. The predicted octanol–water partition coefficient (Wildman–Crippen LogP) is 4.29. The highest BCUT2D eigenvalue weighted by Gasteiger charge is 2.36.